The van der Waals surface area contributed by atoms with Crippen LogP contribution in [0.1, 0.15) is 31.7 Å². The molecule has 3 nitrogen and oxygen atoms in total. The van der Waals surface area contributed by atoms with Gasteiger partial charge < -0.3 is 5.32 Å². The minimum Gasteiger partial charge on any atom is -0.381 e. The summed E-state index contributed by atoms with van der Waals surface area (Å²) in [7, 11) is 0. The second-order valence-corrected chi connectivity index (χ2v) is 6.54. The van der Waals surface area contributed by atoms with E-state index in [0.717, 1.165) is 0 Å². The molecule has 0 spiro atoms. The van der Waals surface area contributed by atoms with E-state index in [2.05, 4.69) is 17.0 Å². The van der Waals surface area contributed by atoms with Crippen molar-refractivity contribution in [2.75, 3.05) is 11.9 Å². The molecule has 1 aromatic heterocycles. The molecule has 0 saturated carbocycles. The van der Waals surface area contributed by atoms with Gasteiger partial charge in [0, 0.05) is 23.9 Å². The van der Waals surface area contributed by atoms with Gasteiger partial charge in [0.2, 0.25) is 0 Å². The van der Waals surface area contributed by atoms with Crippen molar-refractivity contribution in [3.05, 3.63) is 77.4 Å². The Kier molecular flexibility index (Phi) is 7.35. The first kappa shape index (κ1) is 24.2. The summed E-state index contributed by atoms with van der Waals surface area (Å²) in [6.45, 7) is 7.28. The molecule has 0 aliphatic rings. The average Bonchev–Trinajstić information content (AvgIpc) is 3.15. The van der Waals surface area contributed by atoms with Gasteiger partial charge in [-0.15, -0.1) is 0 Å². The molecule has 168 valence electrons. The van der Waals surface area contributed by atoms with E-state index in [0.29, 0.717) is 23.3 Å². The molecule has 2 aromatic rings. The van der Waals surface area contributed by atoms with Crippen molar-refractivity contribution in [2.45, 2.75) is 32.6 Å². The minimum absolute atomic E-state index is 0.0379. The van der Waals surface area contributed by atoms with E-state index in [9.17, 15) is 30.7 Å². The van der Waals surface area contributed by atoms with Crippen molar-refractivity contribution >= 4 is 5.69 Å². The van der Waals surface area contributed by atoms with Crippen LogP contribution < -0.4 is 5.32 Å². The average molecular weight is 447 g/mol. The molecule has 31 heavy (non-hydrogen) atoms. The summed E-state index contributed by atoms with van der Waals surface area (Å²) in [5.41, 5.74) is -2.00. The highest BCUT2D eigenvalue weighted by Crippen LogP contribution is 2.36. The molecular weight excluding hydrogens is 427 g/mol. The number of alkyl halides is 6. The monoisotopic (exact) mass is 447 g/mol. The lowest BCUT2D eigenvalue weighted by Gasteiger charge is -2.12. The van der Waals surface area contributed by atoms with Crippen LogP contribution in [0.4, 0.5) is 36.4 Å². The second kappa shape index (κ2) is 9.40. The number of hydrogen-bond acceptors (Lipinski definition) is 2. The van der Waals surface area contributed by atoms with Crippen molar-refractivity contribution < 1.29 is 30.7 Å². The smallest absolute Gasteiger partial charge is 0.381 e. The Morgan fingerprint density at radius 3 is 2.19 bits per heavy atom. The van der Waals surface area contributed by atoms with Crippen molar-refractivity contribution in [1.82, 2.24) is 9.78 Å². The van der Waals surface area contributed by atoms with E-state index in [1.54, 1.807) is 13.0 Å². The summed E-state index contributed by atoms with van der Waals surface area (Å²) in [5, 5.41) is 5.98. The molecule has 0 fully saturated rings. The molecule has 0 aliphatic carbocycles. The Balaban J connectivity index is 2.24. The Hall–Kier alpha value is -3.04. The van der Waals surface area contributed by atoms with Crippen molar-refractivity contribution in [3.63, 3.8) is 0 Å². The summed E-state index contributed by atoms with van der Waals surface area (Å²) in [5.74, 6) is -0.468. The van der Waals surface area contributed by atoms with Crippen molar-refractivity contribution in [3.8, 4) is 5.69 Å². The maximum absolute atomic E-state index is 14.2. The summed E-state index contributed by atoms with van der Waals surface area (Å²) in [6, 6.07) is 5.06. The number of benzene rings is 1. The van der Waals surface area contributed by atoms with E-state index in [1.807, 2.05) is 6.92 Å². The molecule has 0 radical (unpaired) electrons. The van der Waals surface area contributed by atoms with E-state index in [4.69, 9.17) is 0 Å². The zero-order valence-corrected chi connectivity index (χ0v) is 16.7. The molecule has 0 amide bonds. The molecule has 1 N–H and O–H groups in total. The molecule has 0 unspecified atom stereocenters. The fraction of sp³-hybridized carbons (Fsp3) is 0.286. The maximum atomic E-state index is 14.2. The number of aromatic nitrogens is 2. The molecule has 1 heterocycles. The predicted molar refractivity (Wildman–Crippen MR) is 104 cm³/mol. The lowest BCUT2D eigenvalue weighted by molar-refractivity contribution is -0.143. The van der Waals surface area contributed by atoms with Crippen LogP contribution in [0.25, 0.3) is 5.69 Å². The molecule has 0 bridgehead atoms. The number of rotatable bonds is 7. The van der Waals surface area contributed by atoms with Crippen LogP contribution in [-0.2, 0) is 12.4 Å². The maximum Gasteiger partial charge on any atom is 0.435 e. The lowest BCUT2D eigenvalue weighted by atomic mass is 10.1. The number of anilines is 1. The number of allylic oxidation sites excluding steroid dienone is 3. The second-order valence-electron chi connectivity index (χ2n) is 6.54. The zero-order chi connectivity index (χ0) is 23.4. The first-order valence-electron chi connectivity index (χ1n) is 9.16. The van der Waals surface area contributed by atoms with E-state index in [-0.39, 0.29) is 23.0 Å². The third kappa shape index (κ3) is 6.22. The Morgan fingerprint density at radius 1 is 1.10 bits per heavy atom. The Labute approximate surface area is 174 Å². The highest BCUT2D eigenvalue weighted by Gasteiger charge is 2.42. The fourth-order valence-electron chi connectivity index (χ4n) is 2.53. The zero-order valence-electron chi connectivity index (χ0n) is 16.7. The van der Waals surface area contributed by atoms with Gasteiger partial charge in [-0.25, -0.2) is 9.07 Å². The van der Waals surface area contributed by atoms with Crippen molar-refractivity contribution in [1.29, 1.82) is 0 Å². The summed E-state index contributed by atoms with van der Waals surface area (Å²) in [6.07, 6.45) is -6.58. The third-order valence-corrected chi connectivity index (χ3v) is 4.33. The van der Waals surface area contributed by atoms with Gasteiger partial charge in [-0.2, -0.15) is 31.4 Å². The number of halogens is 7. The van der Waals surface area contributed by atoms with Crippen LogP contribution in [0.3, 0.4) is 0 Å². The van der Waals surface area contributed by atoms with Gasteiger partial charge in [-0.3, -0.25) is 0 Å². The van der Waals surface area contributed by atoms with Crippen LogP contribution >= 0.6 is 0 Å². The highest BCUT2D eigenvalue weighted by atomic mass is 19.4. The Morgan fingerprint density at radius 2 is 1.71 bits per heavy atom. The highest BCUT2D eigenvalue weighted by molar-refractivity contribution is 5.51. The number of hydrogen-bond donors (Lipinski definition) is 1. The van der Waals surface area contributed by atoms with Crippen molar-refractivity contribution in [2.24, 2.45) is 0 Å². The van der Waals surface area contributed by atoms with Gasteiger partial charge in [0.25, 0.3) is 0 Å². The van der Waals surface area contributed by atoms with E-state index in [1.165, 1.54) is 30.3 Å². The largest absolute Gasteiger partial charge is 0.435 e. The standard InChI is InChI=1S/C21H20F7N3/c1-4-13(3)10-17(22)14(5-2)12-29-15-6-8-16(9-7-15)31-19(21(26,27)28)11-18(30-31)20(23,24)25/h5-11,29H,3-4,12H2,1-2H3. The SMILES string of the molecule is C=C(C=C(F)C(=CC)CNc1ccc(-n2nc(C(F)(F)F)cc2C(F)(F)F)cc1)CC. The molecule has 0 aliphatic heterocycles. The molecule has 1 aromatic carbocycles. The normalized spacial score (nSPS) is 13.5. The molecule has 2 rings (SSSR count). The number of nitrogens with one attached hydrogen (secondary N) is 1. The minimum atomic E-state index is -5.03. The first-order chi connectivity index (χ1) is 14.4. The van der Waals surface area contributed by atoms with Gasteiger partial charge in [0.1, 0.15) is 11.5 Å². The van der Waals surface area contributed by atoms with Crippen LogP contribution in [-0.4, -0.2) is 16.3 Å². The van der Waals surface area contributed by atoms with Gasteiger partial charge in [-0.05, 0) is 43.7 Å². The van der Waals surface area contributed by atoms with E-state index < -0.39 is 29.6 Å². The summed E-state index contributed by atoms with van der Waals surface area (Å²) in [4.78, 5) is 0. The third-order valence-electron chi connectivity index (χ3n) is 4.33. The van der Waals surface area contributed by atoms with Gasteiger partial charge in [0.15, 0.2) is 5.69 Å². The summed E-state index contributed by atoms with van der Waals surface area (Å²) < 4.78 is 92.4. The molecular formula is C21H20F7N3. The predicted octanol–water partition coefficient (Wildman–Crippen LogP) is 7.09. The molecule has 10 heteroatoms. The molecule has 0 atom stereocenters. The van der Waals surface area contributed by atoms with Gasteiger partial charge in [-0.1, -0.05) is 25.2 Å². The molecule has 0 saturated heterocycles. The summed E-state index contributed by atoms with van der Waals surface area (Å²) >= 11 is 0. The van der Waals surface area contributed by atoms with Gasteiger partial charge in [0.05, 0.1) is 5.69 Å². The quantitative estimate of drug-likeness (QED) is 0.363. The van der Waals surface area contributed by atoms with Crippen LogP contribution in [0.5, 0.6) is 0 Å². The van der Waals surface area contributed by atoms with Crippen LogP contribution in [0, 0.1) is 0 Å². The Bertz CT molecular complexity index is 978. The topological polar surface area (TPSA) is 29.9 Å². The van der Waals surface area contributed by atoms with Crippen LogP contribution in [0.2, 0.25) is 0 Å². The lowest BCUT2D eigenvalue weighted by Crippen LogP contribution is -2.13. The van der Waals surface area contributed by atoms with Crippen LogP contribution in [0.15, 0.2) is 66.0 Å². The fourth-order valence-corrected chi connectivity index (χ4v) is 2.53. The number of nitrogens with zero attached hydrogens (tertiary/aromatic N) is 2. The van der Waals surface area contributed by atoms with Gasteiger partial charge >= 0.3 is 12.4 Å². The first-order valence-corrected chi connectivity index (χ1v) is 9.16. The van der Waals surface area contributed by atoms with E-state index >= 15 is 0 Å².